The summed E-state index contributed by atoms with van der Waals surface area (Å²) in [5.41, 5.74) is -0.106. The number of rotatable bonds is 7. The second-order valence-corrected chi connectivity index (χ2v) is 4.69. The van der Waals surface area contributed by atoms with Gasteiger partial charge in [-0.3, -0.25) is 0 Å². The second kappa shape index (κ2) is 6.79. The molecule has 4 nitrogen and oxygen atoms in total. The first-order chi connectivity index (χ1) is 8.90. The highest BCUT2D eigenvalue weighted by Crippen LogP contribution is 2.22. The lowest BCUT2D eigenvalue weighted by molar-refractivity contribution is -0.0499. The molecule has 0 aliphatic heterocycles. The zero-order chi connectivity index (χ0) is 14.5. The topological polar surface area (TPSA) is 61.7 Å². The van der Waals surface area contributed by atoms with Gasteiger partial charge in [-0.1, -0.05) is 12.1 Å². The molecule has 0 spiro atoms. The number of alkyl halides is 2. The fourth-order valence-electron chi connectivity index (χ4n) is 1.71. The van der Waals surface area contributed by atoms with Gasteiger partial charge in [0.05, 0.1) is 18.8 Å². The van der Waals surface area contributed by atoms with Crippen molar-refractivity contribution >= 4 is 0 Å². The van der Waals surface area contributed by atoms with Crippen molar-refractivity contribution in [1.29, 1.82) is 0 Å². The van der Waals surface area contributed by atoms with Crippen LogP contribution in [-0.4, -0.2) is 35.6 Å². The van der Waals surface area contributed by atoms with Crippen LogP contribution < -0.4 is 10.1 Å². The summed E-state index contributed by atoms with van der Waals surface area (Å²) in [7, 11) is 0. The van der Waals surface area contributed by atoms with E-state index in [2.05, 4.69) is 10.1 Å². The molecule has 0 aliphatic carbocycles. The number of nitrogens with one attached hydrogen (secondary N) is 1. The van der Waals surface area contributed by atoms with E-state index in [0.29, 0.717) is 0 Å². The Labute approximate surface area is 111 Å². The van der Waals surface area contributed by atoms with Gasteiger partial charge in [0.1, 0.15) is 5.75 Å². The Morgan fingerprint density at radius 3 is 2.47 bits per heavy atom. The minimum absolute atomic E-state index is 0.0795. The molecule has 3 N–H and O–H groups in total. The van der Waals surface area contributed by atoms with E-state index in [1.165, 1.54) is 12.1 Å². The average Bonchev–Trinajstić information content (AvgIpc) is 2.38. The number of benzene rings is 1. The highest BCUT2D eigenvalue weighted by Gasteiger charge is 2.24. The molecule has 0 fully saturated rings. The first-order valence-electron chi connectivity index (χ1n) is 5.94. The van der Waals surface area contributed by atoms with Crippen LogP contribution in [0.1, 0.15) is 25.5 Å². The fourth-order valence-corrected chi connectivity index (χ4v) is 1.71. The van der Waals surface area contributed by atoms with E-state index in [1.807, 2.05) is 6.92 Å². The SMILES string of the molecule is CC(NC(C)(CO)CO)c1cccc(OC(F)F)c1. The van der Waals surface area contributed by atoms with E-state index in [1.54, 1.807) is 19.1 Å². The van der Waals surface area contributed by atoms with Crippen LogP contribution >= 0.6 is 0 Å². The van der Waals surface area contributed by atoms with Crippen LogP contribution in [0.5, 0.6) is 5.75 Å². The molecule has 1 rings (SSSR count). The van der Waals surface area contributed by atoms with Crippen LogP contribution in [0.25, 0.3) is 0 Å². The van der Waals surface area contributed by atoms with Crippen LogP contribution in [0.2, 0.25) is 0 Å². The molecule has 6 heteroatoms. The van der Waals surface area contributed by atoms with Crippen molar-refractivity contribution in [3.05, 3.63) is 29.8 Å². The molecule has 0 bridgehead atoms. The van der Waals surface area contributed by atoms with Gasteiger partial charge in [-0.15, -0.1) is 0 Å². The lowest BCUT2D eigenvalue weighted by atomic mass is 10.0. The first-order valence-corrected chi connectivity index (χ1v) is 5.94. The maximum Gasteiger partial charge on any atom is 0.387 e. The van der Waals surface area contributed by atoms with Crippen molar-refractivity contribution in [1.82, 2.24) is 5.32 Å². The molecular weight excluding hydrogens is 256 g/mol. The fraction of sp³-hybridized carbons (Fsp3) is 0.538. The monoisotopic (exact) mass is 275 g/mol. The predicted octanol–water partition coefficient (Wildman–Crippen LogP) is 1.68. The summed E-state index contributed by atoms with van der Waals surface area (Å²) in [6.45, 7) is 0.148. The molecule has 0 aliphatic rings. The van der Waals surface area contributed by atoms with Crippen molar-refractivity contribution < 1.29 is 23.7 Å². The van der Waals surface area contributed by atoms with E-state index in [0.717, 1.165) is 5.56 Å². The molecule has 0 aromatic heterocycles. The molecule has 0 heterocycles. The van der Waals surface area contributed by atoms with Crippen LogP contribution in [-0.2, 0) is 0 Å². The highest BCUT2D eigenvalue weighted by molar-refractivity contribution is 5.30. The Balaban J connectivity index is 2.79. The van der Waals surface area contributed by atoms with E-state index in [9.17, 15) is 19.0 Å². The number of aliphatic hydroxyl groups excluding tert-OH is 2. The van der Waals surface area contributed by atoms with Crippen LogP contribution in [0.4, 0.5) is 8.78 Å². The molecule has 0 amide bonds. The summed E-state index contributed by atoms with van der Waals surface area (Å²) in [5, 5.41) is 21.5. The van der Waals surface area contributed by atoms with Gasteiger partial charge >= 0.3 is 6.61 Å². The van der Waals surface area contributed by atoms with Gasteiger partial charge in [0, 0.05) is 6.04 Å². The van der Waals surface area contributed by atoms with Crippen molar-refractivity contribution in [3.8, 4) is 5.75 Å². The molecule has 108 valence electrons. The van der Waals surface area contributed by atoms with E-state index in [4.69, 9.17) is 0 Å². The minimum Gasteiger partial charge on any atom is -0.435 e. The van der Waals surface area contributed by atoms with Crippen molar-refractivity contribution in [2.45, 2.75) is 32.0 Å². The zero-order valence-corrected chi connectivity index (χ0v) is 10.9. The number of halogens is 2. The molecule has 1 unspecified atom stereocenters. The van der Waals surface area contributed by atoms with Gasteiger partial charge in [-0.2, -0.15) is 8.78 Å². The van der Waals surface area contributed by atoms with Crippen LogP contribution in [0.15, 0.2) is 24.3 Å². The first kappa shape index (κ1) is 15.8. The summed E-state index contributed by atoms with van der Waals surface area (Å²) in [5.74, 6) is 0.0795. The highest BCUT2D eigenvalue weighted by atomic mass is 19.3. The standard InChI is InChI=1S/C13H19F2NO3/c1-9(16-13(2,7-17)8-18)10-4-3-5-11(6-10)19-12(14)15/h3-6,9,12,16-18H,7-8H2,1-2H3. The van der Waals surface area contributed by atoms with Gasteiger partial charge < -0.3 is 20.3 Å². The number of hydrogen-bond donors (Lipinski definition) is 3. The Bertz CT molecular complexity index is 397. The quantitative estimate of drug-likeness (QED) is 0.708. The van der Waals surface area contributed by atoms with Gasteiger partial charge in [0.25, 0.3) is 0 Å². The molecule has 0 radical (unpaired) electrons. The normalized spacial score (nSPS) is 13.6. The van der Waals surface area contributed by atoms with E-state index < -0.39 is 12.2 Å². The number of aliphatic hydroxyl groups is 2. The maximum absolute atomic E-state index is 12.1. The Hall–Kier alpha value is -1.24. The minimum atomic E-state index is -2.86. The second-order valence-electron chi connectivity index (χ2n) is 4.69. The third-order valence-electron chi connectivity index (χ3n) is 2.85. The molecule has 1 aromatic rings. The van der Waals surface area contributed by atoms with Crippen molar-refractivity contribution in [2.24, 2.45) is 0 Å². The molecule has 1 aromatic carbocycles. The van der Waals surface area contributed by atoms with Gasteiger partial charge in [-0.05, 0) is 31.5 Å². The van der Waals surface area contributed by atoms with Gasteiger partial charge in [-0.25, -0.2) is 0 Å². The number of ether oxygens (including phenoxy) is 1. The van der Waals surface area contributed by atoms with Gasteiger partial charge in [0.2, 0.25) is 0 Å². The molecule has 0 saturated heterocycles. The lowest BCUT2D eigenvalue weighted by Gasteiger charge is -2.30. The van der Waals surface area contributed by atoms with Crippen molar-refractivity contribution in [3.63, 3.8) is 0 Å². The molecular formula is C13H19F2NO3. The summed E-state index contributed by atoms with van der Waals surface area (Å²) in [4.78, 5) is 0. The van der Waals surface area contributed by atoms with Crippen LogP contribution in [0, 0.1) is 0 Å². The molecule has 1 atom stereocenters. The van der Waals surface area contributed by atoms with Gasteiger partial charge in [0.15, 0.2) is 0 Å². The maximum atomic E-state index is 12.1. The summed E-state index contributed by atoms with van der Waals surface area (Å²) >= 11 is 0. The summed E-state index contributed by atoms with van der Waals surface area (Å²) in [6.07, 6.45) is 0. The summed E-state index contributed by atoms with van der Waals surface area (Å²) < 4.78 is 28.6. The Morgan fingerprint density at radius 2 is 1.95 bits per heavy atom. The van der Waals surface area contributed by atoms with Crippen LogP contribution in [0.3, 0.4) is 0 Å². The third kappa shape index (κ3) is 4.74. The molecule has 19 heavy (non-hydrogen) atoms. The largest absolute Gasteiger partial charge is 0.435 e. The predicted molar refractivity (Wildman–Crippen MR) is 67.2 cm³/mol. The van der Waals surface area contributed by atoms with E-state index in [-0.39, 0.29) is 25.0 Å². The smallest absolute Gasteiger partial charge is 0.387 e. The third-order valence-corrected chi connectivity index (χ3v) is 2.85. The number of hydrogen-bond acceptors (Lipinski definition) is 4. The lowest BCUT2D eigenvalue weighted by Crippen LogP contribution is -2.49. The Morgan fingerprint density at radius 1 is 1.32 bits per heavy atom. The Kier molecular flexibility index (Phi) is 5.65. The summed E-state index contributed by atoms with van der Waals surface area (Å²) in [6, 6.07) is 6.08. The molecule has 0 saturated carbocycles. The average molecular weight is 275 g/mol. The van der Waals surface area contributed by atoms with E-state index >= 15 is 0 Å². The van der Waals surface area contributed by atoms with Crippen molar-refractivity contribution in [2.75, 3.05) is 13.2 Å². The zero-order valence-electron chi connectivity index (χ0n) is 10.9.